The highest BCUT2D eigenvalue weighted by atomic mass is 32.1. The van der Waals surface area contributed by atoms with Crippen LogP contribution in [0.5, 0.6) is 0 Å². The number of nitrogen functional groups attached to an aromatic ring is 1. The lowest BCUT2D eigenvalue weighted by molar-refractivity contribution is 0.193. The van der Waals surface area contributed by atoms with E-state index in [0.717, 1.165) is 25.2 Å². The van der Waals surface area contributed by atoms with E-state index in [1.807, 2.05) is 6.07 Å². The fourth-order valence-electron chi connectivity index (χ4n) is 2.68. The Bertz CT molecular complexity index is 533. The molecule has 3 rings (SSSR count). The van der Waals surface area contributed by atoms with Gasteiger partial charge in [0, 0.05) is 24.8 Å². The first-order valence-corrected chi connectivity index (χ1v) is 7.32. The van der Waals surface area contributed by atoms with Crippen LogP contribution in [0.1, 0.15) is 29.7 Å². The Morgan fingerprint density at radius 2 is 2.22 bits per heavy atom. The lowest BCUT2D eigenvalue weighted by Crippen LogP contribution is -2.33. The van der Waals surface area contributed by atoms with Gasteiger partial charge in [0.15, 0.2) is 0 Å². The first kappa shape index (κ1) is 11.8. The number of benzene rings is 1. The fraction of sp³-hybridized carbons (Fsp3) is 0.333. The summed E-state index contributed by atoms with van der Waals surface area (Å²) in [7, 11) is 0. The van der Waals surface area contributed by atoms with Crippen LogP contribution in [-0.4, -0.2) is 11.4 Å². The molecule has 0 fully saturated rings. The molecule has 2 aromatic rings. The summed E-state index contributed by atoms with van der Waals surface area (Å²) in [4.78, 5) is 2.51. The summed E-state index contributed by atoms with van der Waals surface area (Å²) in [6.45, 7) is 4.37. The van der Waals surface area contributed by atoms with Crippen LogP contribution in [-0.2, 0) is 13.0 Å². The molecule has 2 N–H and O–H groups in total. The van der Waals surface area contributed by atoms with Crippen LogP contribution in [0.4, 0.5) is 5.69 Å². The summed E-state index contributed by atoms with van der Waals surface area (Å²) in [6.07, 6.45) is 1.11. The zero-order valence-electron chi connectivity index (χ0n) is 10.6. The second-order valence-corrected chi connectivity index (χ2v) is 5.72. The Hall–Kier alpha value is -1.32. The Balaban J connectivity index is 1.84. The monoisotopic (exact) mass is 258 g/mol. The molecule has 1 aromatic heterocycles. The molecule has 2 nitrogen and oxygen atoms in total. The zero-order valence-corrected chi connectivity index (χ0v) is 11.4. The summed E-state index contributed by atoms with van der Waals surface area (Å²) in [5.41, 5.74) is 11.2. The van der Waals surface area contributed by atoms with Gasteiger partial charge in [0.2, 0.25) is 0 Å². The van der Waals surface area contributed by atoms with E-state index >= 15 is 0 Å². The normalized spacial score (nSPS) is 17.4. The molecule has 0 saturated heterocycles. The van der Waals surface area contributed by atoms with Gasteiger partial charge in [-0.05, 0) is 52.9 Å². The molecule has 94 valence electrons. The second-order valence-electron chi connectivity index (χ2n) is 4.94. The molecule has 0 amide bonds. The highest BCUT2D eigenvalue weighted by molar-refractivity contribution is 7.07. The van der Waals surface area contributed by atoms with Gasteiger partial charge in [0.25, 0.3) is 0 Å². The molecular formula is C15H18N2S. The minimum absolute atomic E-state index is 0.476. The van der Waals surface area contributed by atoms with Gasteiger partial charge in [-0.1, -0.05) is 12.1 Å². The van der Waals surface area contributed by atoms with Crippen molar-refractivity contribution >= 4 is 17.0 Å². The third-order valence-corrected chi connectivity index (χ3v) is 4.61. The number of anilines is 1. The SMILES string of the molecule is CC(c1ccsc1)N1CCc2cccc(N)c2C1. The molecular weight excluding hydrogens is 240 g/mol. The van der Waals surface area contributed by atoms with E-state index in [1.54, 1.807) is 11.3 Å². The van der Waals surface area contributed by atoms with E-state index in [2.05, 4.69) is 40.8 Å². The Kier molecular flexibility index (Phi) is 3.10. The maximum absolute atomic E-state index is 6.10. The number of nitrogens with two attached hydrogens (primary N) is 1. The van der Waals surface area contributed by atoms with Gasteiger partial charge in [0.1, 0.15) is 0 Å². The van der Waals surface area contributed by atoms with Crippen LogP contribution in [0.3, 0.4) is 0 Å². The first-order chi connectivity index (χ1) is 8.75. The molecule has 1 atom stereocenters. The van der Waals surface area contributed by atoms with Crippen molar-refractivity contribution in [1.82, 2.24) is 4.90 Å². The topological polar surface area (TPSA) is 29.3 Å². The van der Waals surface area contributed by atoms with Gasteiger partial charge in [-0.3, -0.25) is 4.90 Å². The molecule has 1 unspecified atom stereocenters. The van der Waals surface area contributed by atoms with Crippen LogP contribution < -0.4 is 5.73 Å². The number of nitrogens with zero attached hydrogens (tertiary/aromatic N) is 1. The van der Waals surface area contributed by atoms with E-state index in [9.17, 15) is 0 Å². The van der Waals surface area contributed by atoms with Crippen molar-refractivity contribution in [2.75, 3.05) is 12.3 Å². The maximum atomic E-state index is 6.10. The molecule has 1 aromatic carbocycles. The number of hydrogen-bond donors (Lipinski definition) is 1. The van der Waals surface area contributed by atoms with E-state index in [-0.39, 0.29) is 0 Å². The summed E-state index contributed by atoms with van der Waals surface area (Å²) in [6, 6.07) is 8.98. The van der Waals surface area contributed by atoms with E-state index in [1.165, 1.54) is 16.7 Å². The minimum Gasteiger partial charge on any atom is -0.398 e. The van der Waals surface area contributed by atoms with E-state index in [0.29, 0.717) is 6.04 Å². The van der Waals surface area contributed by atoms with Gasteiger partial charge >= 0.3 is 0 Å². The largest absolute Gasteiger partial charge is 0.398 e. The quantitative estimate of drug-likeness (QED) is 0.836. The third-order valence-electron chi connectivity index (χ3n) is 3.91. The fourth-order valence-corrected chi connectivity index (χ4v) is 3.43. The molecule has 0 aliphatic carbocycles. The Labute approximate surface area is 112 Å². The highest BCUT2D eigenvalue weighted by Crippen LogP contribution is 2.30. The van der Waals surface area contributed by atoms with Crippen molar-refractivity contribution in [2.24, 2.45) is 0 Å². The number of fused-ring (bicyclic) bond motifs is 1. The molecule has 2 heterocycles. The van der Waals surface area contributed by atoms with Crippen LogP contribution in [0.25, 0.3) is 0 Å². The van der Waals surface area contributed by atoms with Crippen molar-refractivity contribution in [2.45, 2.75) is 25.9 Å². The summed E-state index contributed by atoms with van der Waals surface area (Å²) in [5.74, 6) is 0. The summed E-state index contributed by atoms with van der Waals surface area (Å²) >= 11 is 1.77. The zero-order chi connectivity index (χ0) is 12.5. The Morgan fingerprint density at radius 3 is 3.00 bits per heavy atom. The smallest absolute Gasteiger partial charge is 0.0362 e. The molecule has 1 aliphatic rings. The molecule has 3 heteroatoms. The van der Waals surface area contributed by atoms with Crippen molar-refractivity contribution < 1.29 is 0 Å². The lowest BCUT2D eigenvalue weighted by atomic mass is 9.96. The van der Waals surface area contributed by atoms with Gasteiger partial charge < -0.3 is 5.73 Å². The van der Waals surface area contributed by atoms with Gasteiger partial charge in [-0.25, -0.2) is 0 Å². The molecule has 0 saturated carbocycles. The van der Waals surface area contributed by atoms with Crippen LogP contribution >= 0.6 is 11.3 Å². The highest BCUT2D eigenvalue weighted by Gasteiger charge is 2.22. The maximum Gasteiger partial charge on any atom is 0.0362 e. The van der Waals surface area contributed by atoms with Crippen LogP contribution in [0, 0.1) is 0 Å². The Morgan fingerprint density at radius 1 is 1.33 bits per heavy atom. The van der Waals surface area contributed by atoms with Crippen molar-refractivity contribution in [3.8, 4) is 0 Å². The second kappa shape index (κ2) is 4.75. The standard InChI is InChI=1S/C15H18N2S/c1-11(13-6-8-18-10-13)17-7-5-12-3-2-4-15(16)14(12)9-17/h2-4,6,8,10-11H,5,7,9,16H2,1H3. The summed E-state index contributed by atoms with van der Waals surface area (Å²) in [5, 5.41) is 4.40. The van der Waals surface area contributed by atoms with Gasteiger partial charge in [-0.2, -0.15) is 11.3 Å². The number of hydrogen-bond acceptors (Lipinski definition) is 3. The lowest BCUT2D eigenvalue weighted by Gasteiger charge is -2.34. The molecule has 1 aliphatic heterocycles. The van der Waals surface area contributed by atoms with Crippen molar-refractivity contribution in [3.63, 3.8) is 0 Å². The van der Waals surface area contributed by atoms with E-state index < -0.39 is 0 Å². The average Bonchev–Trinajstić information content (AvgIpc) is 2.92. The van der Waals surface area contributed by atoms with Crippen molar-refractivity contribution in [3.05, 3.63) is 51.7 Å². The number of rotatable bonds is 2. The molecule has 0 radical (unpaired) electrons. The third kappa shape index (κ3) is 2.04. The molecule has 0 bridgehead atoms. The van der Waals surface area contributed by atoms with Crippen LogP contribution in [0.15, 0.2) is 35.0 Å². The average molecular weight is 258 g/mol. The minimum atomic E-state index is 0.476. The molecule has 0 spiro atoms. The van der Waals surface area contributed by atoms with Gasteiger partial charge in [0.05, 0.1) is 0 Å². The predicted octanol–water partition coefficient (Wildman–Crippen LogP) is 3.45. The van der Waals surface area contributed by atoms with Crippen molar-refractivity contribution in [1.29, 1.82) is 0 Å². The first-order valence-electron chi connectivity index (χ1n) is 6.38. The van der Waals surface area contributed by atoms with Gasteiger partial charge in [-0.15, -0.1) is 0 Å². The summed E-state index contributed by atoms with van der Waals surface area (Å²) < 4.78 is 0. The van der Waals surface area contributed by atoms with Crippen LogP contribution in [0.2, 0.25) is 0 Å². The molecule has 18 heavy (non-hydrogen) atoms. The van der Waals surface area contributed by atoms with E-state index in [4.69, 9.17) is 5.73 Å². The predicted molar refractivity (Wildman–Crippen MR) is 77.7 cm³/mol. The number of thiophene rings is 1.